The third-order valence-electron chi connectivity index (χ3n) is 4.05. The van der Waals surface area contributed by atoms with Crippen molar-refractivity contribution in [2.45, 2.75) is 19.1 Å². The van der Waals surface area contributed by atoms with E-state index in [-0.39, 0.29) is 11.7 Å². The summed E-state index contributed by atoms with van der Waals surface area (Å²) in [4.78, 5) is 34.9. The summed E-state index contributed by atoms with van der Waals surface area (Å²) >= 11 is 0. The molecular weight excluding hydrogens is 286 g/mol. The normalized spacial score (nSPS) is 28.6. The number of carbonyl (C=O) groups excluding carboxylic acids is 2. The quantitative estimate of drug-likeness (QED) is 0.649. The van der Waals surface area contributed by atoms with E-state index in [1.165, 1.54) is 6.92 Å². The molecule has 3 rings (SSSR count). The number of amides is 1. The van der Waals surface area contributed by atoms with Crippen LogP contribution in [0.5, 0.6) is 0 Å². The number of anilines is 1. The van der Waals surface area contributed by atoms with Gasteiger partial charge in [-0.1, -0.05) is 12.2 Å². The van der Waals surface area contributed by atoms with Gasteiger partial charge in [-0.05, 0) is 31.2 Å². The first kappa shape index (κ1) is 14.5. The number of Topliss-reactive ketones (excluding diaryl/α,β-unsaturated/α-hetero) is 1. The Balaban J connectivity index is 1.75. The summed E-state index contributed by atoms with van der Waals surface area (Å²) in [6, 6.07) is 6.47. The molecule has 0 saturated carbocycles. The number of nitrogens with one attached hydrogen (secondary N) is 1. The fraction of sp³-hybridized carbons (Fsp3) is 0.312. The molecule has 0 radical (unpaired) electrons. The number of rotatable bonds is 4. The minimum absolute atomic E-state index is 0.0598. The highest BCUT2D eigenvalue weighted by Crippen LogP contribution is 2.39. The maximum absolute atomic E-state index is 12.4. The highest BCUT2D eigenvalue weighted by atomic mass is 16.5. The number of benzene rings is 1. The molecule has 1 aromatic carbocycles. The molecule has 6 nitrogen and oxygen atoms in total. The van der Waals surface area contributed by atoms with E-state index in [9.17, 15) is 19.5 Å². The molecule has 0 aromatic heterocycles. The van der Waals surface area contributed by atoms with Crippen LogP contribution in [-0.4, -0.2) is 35.0 Å². The Morgan fingerprint density at radius 3 is 2.18 bits per heavy atom. The molecule has 2 aliphatic heterocycles. The highest BCUT2D eigenvalue weighted by molar-refractivity contribution is 5.98. The van der Waals surface area contributed by atoms with Gasteiger partial charge in [-0.3, -0.25) is 14.4 Å². The minimum Gasteiger partial charge on any atom is -0.481 e. The predicted octanol–water partition coefficient (Wildman–Crippen LogP) is 1.48. The molecule has 1 fully saturated rings. The number of carbonyl (C=O) groups is 3. The third-order valence-corrected chi connectivity index (χ3v) is 4.05. The number of ketones is 1. The van der Waals surface area contributed by atoms with E-state index < -0.39 is 30.0 Å². The second-order valence-corrected chi connectivity index (χ2v) is 5.46. The number of carboxylic acid groups (broad SMARTS) is 1. The van der Waals surface area contributed by atoms with Crippen LogP contribution in [-0.2, 0) is 14.3 Å². The van der Waals surface area contributed by atoms with Crippen LogP contribution in [0.4, 0.5) is 5.69 Å². The monoisotopic (exact) mass is 301 g/mol. The molecule has 2 N–H and O–H groups in total. The number of hydrogen-bond acceptors (Lipinski definition) is 4. The molecule has 6 heteroatoms. The Hall–Kier alpha value is -2.47. The lowest BCUT2D eigenvalue weighted by Crippen LogP contribution is -2.39. The first-order valence-electron chi connectivity index (χ1n) is 6.96. The molecule has 1 saturated heterocycles. The SMILES string of the molecule is CC(=O)c1ccc(NC(=O)[C@H]2[C@@H](C(=O)O)[C@H]3C=C[C@H]2O3)cc1. The second kappa shape index (κ2) is 5.38. The maximum Gasteiger partial charge on any atom is 0.310 e. The first-order chi connectivity index (χ1) is 10.5. The molecule has 1 amide bonds. The molecule has 1 aromatic rings. The van der Waals surface area contributed by atoms with Gasteiger partial charge in [-0.2, -0.15) is 0 Å². The zero-order chi connectivity index (χ0) is 15.9. The lowest BCUT2D eigenvalue weighted by Gasteiger charge is -2.21. The molecule has 2 heterocycles. The Kier molecular flexibility index (Phi) is 3.54. The van der Waals surface area contributed by atoms with E-state index in [2.05, 4.69) is 5.32 Å². The van der Waals surface area contributed by atoms with Crippen molar-refractivity contribution in [1.82, 2.24) is 0 Å². The van der Waals surface area contributed by atoms with E-state index in [4.69, 9.17) is 4.74 Å². The zero-order valence-electron chi connectivity index (χ0n) is 11.9. The van der Waals surface area contributed by atoms with Crippen molar-refractivity contribution >= 4 is 23.3 Å². The number of carboxylic acids is 1. The number of fused-ring (bicyclic) bond motifs is 2. The molecule has 2 bridgehead atoms. The summed E-state index contributed by atoms with van der Waals surface area (Å²) < 4.78 is 5.47. The van der Waals surface area contributed by atoms with Gasteiger partial charge in [-0.25, -0.2) is 0 Å². The third kappa shape index (κ3) is 2.42. The van der Waals surface area contributed by atoms with Crippen LogP contribution < -0.4 is 5.32 Å². The average Bonchev–Trinajstić information content (AvgIpc) is 3.08. The van der Waals surface area contributed by atoms with Crippen molar-refractivity contribution in [2.24, 2.45) is 11.8 Å². The van der Waals surface area contributed by atoms with E-state index in [0.29, 0.717) is 11.3 Å². The molecule has 4 atom stereocenters. The fourth-order valence-electron chi connectivity index (χ4n) is 2.93. The van der Waals surface area contributed by atoms with E-state index in [1.54, 1.807) is 36.4 Å². The van der Waals surface area contributed by atoms with Crippen LogP contribution in [0.15, 0.2) is 36.4 Å². The van der Waals surface area contributed by atoms with Gasteiger partial charge in [-0.15, -0.1) is 0 Å². The molecule has 22 heavy (non-hydrogen) atoms. The van der Waals surface area contributed by atoms with Gasteiger partial charge in [0.25, 0.3) is 0 Å². The second-order valence-electron chi connectivity index (χ2n) is 5.46. The summed E-state index contributed by atoms with van der Waals surface area (Å²) in [6.07, 6.45) is 2.38. The van der Waals surface area contributed by atoms with Crippen molar-refractivity contribution in [2.75, 3.05) is 5.32 Å². The molecule has 0 unspecified atom stereocenters. The summed E-state index contributed by atoms with van der Waals surface area (Å²) in [7, 11) is 0. The smallest absolute Gasteiger partial charge is 0.310 e. The van der Waals surface area contributed by atoms with E-state index in [0.717, 1.165) is 0 Å². The van der Waals surface area contributed by atoms with Crippen LogP contribution in [0.1, 0.15) is 17.3 Å². The van der Waals surface area contributed by atoms with Crippen molar-refractivity contribution in [3.63, 3.8) is 0 Å². The van der Waals surface area contributed by atoms with Crippen LogP contribution in [0, 0.1) is 11.8 Å². The Morgan fingerprint density at radius 2 is 1.64 bits per heavy atom. The average molecular weight is 301 g/mol. The molecule has 0 spiro atoms. The Morgan fingerprint density at radius 1 is 1.05 bits per heavy atom. The van der Waals surface area contributed by atoms with Gasteiger partial charge in [0, 0.05) is 11.3 Å². The van der Waals surface area contributed by atoms with Gasteiger partial charge in [0.2, 0.25) is 5.91 Å². The molecule has 0 aliphatic carbocycles. The summed E-state index contributed by atoms with van der Waals surface area (Å²) in [5.41, 5.74) is 1.07. The van der Waals surface area contributed by atoms with Crippen LogP contribution in [0.25, 0.3) is 0 Å². The fourth-order valence-corrected chi connectivity index (χ4v) is 2.93. The summed E-state index contributed by atoms with van der Waals surface area (Å²) in [6.45, 7) is 1.46. The van der Waals surface area contributed by atoms with Crippen molar-refractivity contribution in [1.29, 1.82) is 0 Å². The van der Waals surface area contributed by atoms with Gasteiger partial charge >= 0.3 is 5.97 Å². The van der Waals surface area contributed by atoms with Gasteiger partial charge in [0.1, 0.15) is 5.92 Å². The lowest BCUT2D eigenvalue weighted by atomic mass is 9.82. The van der Waals surface area contributed by atoms with Crippen molar-refractivity contribution < 1.29 is 24.2 Å². The van der Waals surface area contributed by atoms with Crippen molar-refractivity contribution in [3.05, 3.63) is 42.0 Å². The van der Waals surface area contributed by atoms with E-state index >= 15 is 0 Å². The number of hydrogen-bond donors (Lipinski definition) is 2. The Bertz CT molecular complexity index is 664. The summed E-state index contributed by atoms with van der Waals surface area (Å²) in [5, 5.41) is 12.0. The van der Waals surface area contributed by atoms with Crippen LogP contribution in [0.2, 0.25) is 0 Å². The van der Waals surface area contributed by atoms with Gasteiger partial charge < -0.3 is 15.2 Å². The number of aliphatic carboxylic acids is 1. The molecule has 2 aliphatic rings. The zero-order valence-corrected chi connectivity index (χ0v) is 11.9. The number of ether oxygens (including phenoxy) is 1. The van der Waals surface area contributed by atoms with Crippen molar-refractivity contribution in [3.8, 4) is 0 Å². The predicted molar refractivity (Wildman–Crippen MR) is 77.5 cm³/mol. The summed E-state index contributed by atoms with van der Waals surface area (Å²) in [5.74, 6) is -3.11. The first-order valence-corrected chi connectivity index (χ1v) is 6.96. The largest absolute Gasteiger partial charge is 0.481 e. The maximum atomic E-state index is 12.4. The molecular formula is C16H15NO5. The van der Waals surface area contributed by atoms with E-state index in [1.807, 2.05) is 0 Å². The Labute approximate surface area is 126 Å². The minimum atomic E-state index is -1.04. The lowest BCUT2D eigenvalue weighted by molar-refractivity contribution is -0.145. The standard InChI is InChI=1S/C16H15NO5/c1-8(18)9-2-4-10(5-3-9)17-15(19)13-11-6-7-12(22-11)14(13)16(20)21/h2-7,11-14H,1H3,(H,17,19)(H,20,21)/t11-,12-,13-,14+/m1/s1. The molecule has 114 valence electrons. The topological polar surface area (TPSA) is 92.7 Å². The van der Waals surface area contributed by atoms with Gasteiger partial charge in [0.15, 0.2) is 5.78 Å². The van der Waals surface area contributed by atoms with Crippen LogP contribution in [0.3, 0.4) is 0 Å². The highest BCUT2D eigenvalue weighted by Gasteiger charge is 2.53. The van der Waals surface area contributed by atoms with Crippen LogP contribution >= 0.6 is 0 Å². The van der Waals surface area contributed by atoms with Gasteiger partial charge in [0.05, 0.1) is 18.1 Å².